The zero-order valence-electron chi connectivity index (χ0n) is 13.0. The van der Waals surface area contributed by atoms with E-state index < -0.39 is 0 Å². The Balaban J connectivity index is 1.90. The van der Waals surface area contributed by atoms with Gasteiger partial charge in [-0.15, -0.1) is 0 Å². The first kappa shape index (κ1) is 14.7. The third-order valence-electron chi connectivity index (χ3n) is 4.82. The molecule has 0 spiro atoms. The van der Waals surface area contributed by atoms with E-state index in [0.29, 0.717) is 11.3 Å². The second kappa shape index (κ2) is 5.34. The Morgan fingerprint density at radius 3 is 2.42 bits per heavy atom. The minimum absolute atomic E-state index is 0.130. The summed E-state index contributed by atoms with van der Waals surface area (Å²) in [5.41, 5.74) is 0.0684. The number of ether oxygens (including phenoxy) is 1. The van der Waals surface area contributed by atoms with Crippen molar-refractivity contribution >= 4 is 6.09 Å². The second-order valence-corrected chi connectivity index (χ2v) is 7.63. The fourth-order valence-electron chi connectivity index (χ4n) is 3.59. The van der Waals surface area contributed by atoms with E-state index >= 15 is 0 Å². The highest BCUT2D eigenvalue weighted by molar-refractivity contribution is 5.68. The highest BCUT2D eigenvalue weighted by Crippen LogP contribution is 2.45. The Hall–Kier alpha value is -0.730. The van der Waals surface area contributed by atoms with E-state index in [9.17, 15) is 4.79 Å². The molecule has 3 nitrogen and oxygen atoms in total. The van der Waals surface area contributed by atoms with Crippen molar-refractivity contribution in [1.82, 2.24) is 4.90 Å². The number of carbonyl (C=O) groups is 1. The largest absolute Gasteiger partial charge is 0.444 e. The lowest BCUT2D eigenvalue weighted by atomic mass is 9.67. The van der Waals surface area contributed by atoms with Gasteiger partial charge in [0.05, 0.1) is 0 Å². The van der Waals surface area contributed by atoms with E-state index in [1.807, 2.05) is 25.7 Å². The number of hydrogen-bond acceptors (Lipinski definition) is 2. The molecule has 0 bridgehead atoms. The summed E-state index contributed by atoms with van der Waals surface area (Å²) >= 11 is 0. The molecule has 1 aliphatic heterocycles. The SMILES string of the molecule is CC(C)(C)OC(=O)N1CC[C@H](C2(C)CCCCC2)C1. The van der Waals surface area contributed by atoms with Crippen LogP contribution in [0.1, 0.15) is 66.2 Å². The second-order valence-electron chi connectivity index (χ2n) is 7.63. The van der Waals surface area contributed by atoms with Gasteiger partial charge >= 0.3 is 6.09 Å². The first-order valence-electron chi connectivity index (χ1n) is 7.78. The molecule has 1 saturated heterocycles. The average Bonchev–Trinajstić information content (AvgIpc) is 2.77. The van der Waals surface area contributed by atoms with Crippen LogP contribution in [0.25, 0.3) is 0 Å². The van der Waals surface area contributed by atoms with Crippen molar-refractivity contribution in [2.24, 2.45) is 11.3 Å². The van der Waals surface area contributed by atoms with Gasteiger partial charge in [0.15, 0.2) is 0 Å². The van der Waals surface area contributed by atoms with Crippen molar-refractivity contribution < 1.29 is 9.53 Å². The van der Waals surface area contributed by atoms with Gasteiger partial charge < -0.3 is 9.64 Å². The molecular formula is C16H29NO2. The summed E-state index contributed by atoms with van der Waals surface area (Å²) in [5, 5.41) is 0. The van der Waals surface area contributed by atoms with Crippen LogP contribution in [0.2, 0.25) is 0 Å². The van der Waals surface area contributed by atoms with Crippen LogP contribution >= 0.6 is 0 Å². The molecular weight excluding hydrogens is 238 g/mol. The first-order chi connectivity index (χ1) is 8.80. The number of hydrogen-bond donors (Lipinski definition) is 0. The van der Waals surface area contributed by atoms with Gasteiger partial charge in [-0.3, -0.25) is 0 Å². The Labute approximate surface area is 117 Å². The van der Waals surface area contributed by atoms with Crippen molar-refractivity contribution in [3.8, 4) is 0 Å². The normalized spacial score (nSPS) is 27.4. The predicted octanol–water partition coefficient (Wildman–Crippen LogP) is 4.21. The van der Waals surface area contributed by atoms with Crippen molar-refractivity contribution in [1.29, 1.82) is 0 Å². The van der Waals surface area contributed by atoms with Gasteiger partial charge in [-0.05, 0) is 51.4 Å². The van der Waals surface area contributed by atoms with E-state index in [4.69, 9.17) is 4.74 Å². The molecule has 1 saturated carbocycles. The molecule has 1 amide bonds. The van der Waals surface area contributed by atoms with Gasteiger partial charge in [0.1, 0.15) is 5.60 Å². The van der Waals surface area contributed by atoms with Gasteiger partial charge in [0.25, 0.3) is 0 Å². The maximum Gasteiger partial charge on any atom is 0.410 e. The van der Waals surface area contributed by atoms with Crippen LogP contribution in [-0.2, 0) is 4.74 Å². The minimum atomic E-state index is -0.385. The van der Waals surface area contributed by atoms with Crippen molar-refractivity contribution in [3.05, 3.63) is 0 Å². The minimum Gasteiger partial charge on any atom is -0.444 e. The maximum absolute atomic E-state index is 12.1. The molecule has 0 N–H and O–H groups in total. The molecule has 3 heteroatoms. The van der Waals surface area contributed by atoms with E-state index in [1.54, 1.807) is 0 Å². The lowest BCUT2D eigenvalue weighted by Crippen LogP contribution is -2.37. The van der Waals surface area contributed by atoms with Gasteiger partial charge in [0, 0.05) is 13.1 Å². The molecule has 2 rings (SSSR count). The number of carbonyl (C=O) groups excluding carboxylic acids is 1. The number of amides is 1. The molecule has 1 atom stereocenters. The lowest BCUT2D eigenvalue weighted by Gasteiger charge is -2.39. The molecule has 1 aliphatic carbocycles. The van der Waals surface area contributed by atoms with Gasteiger partial charge in [0.2, 0.25) is 0 Å². The zero-order chi connectivity index (χ0) is 14.1. The summed E-state index contributed by atoms with van der Waals surface area (Å²) in [5.74, 6) is 0.667. The van der Waals surface area contributed by atoms with Crippen LogP contribution in [-0.4, -0.2) is 29.7 Å². The Kier molecular flexibility index (Phi) is 4.12. The third kappa shape index (κ3) is 3.64. The highest BCUT2D eigenvalue weighted by atomic mass is 16.6. The third-order valence-corrected chi connectivity index (χ3v) is 4.82. The summed E-state index contributed by atoms with van der Waals surface area (Å²) in [6, 6.07) is 0. The predicted molar refractivity (Wildman–Crippen MR) is 77.1 cm³/mol. The van der Waals surface area contributed by atoms with Crippen LogP contribution in [0, 0.1) is 11.3 Å². The van der Waals surface area contributed by atoms with Crippen LogP contribution in [0.15, 0.2) is 0 Å². The van der Waals surface area contributed by atoms with Crippen LogP contribution < -0.4 is 0 Å². The Bertz CT molecular complexity index is 326. The summed E-state index contributed by atoms with van der Waals surface area (Å²) in [7, 11) is 0. The van der Waals surface area contributed by atoms with E-state index in [2.05, 4.69) is 6.92 Å². The zero-order valence-corrected chi connectivity index (χ0v) is 13.0. The fraction of sp³-hybridized carbons (Fsp3) is 0.938. The van der Waals surface area contributed by atoms with Crippen molar-refractivity contribution in [3.63, 3.8) is 0 Å². The average molecular weight is 267 g/mol. The van der Waals surface area contributed by atoms with Crippen molar-refractivity contribution in [2.45, 2.75) is 71.8 Å². The summed E-state index contributed by atoms with van der Waals surface area (Å²) in [4.78, 5) is 14.0. The fourth-order valence-corrected chi connectivity index (χ4v) is 3.59. The standard InChI is InChI=1S/C16H29NO2/c1-15(2,3)19-14(18)17-11-8-13(12-17)16(4)9-6-5-7-10-16/h13H,5-12H2,1-4H3/t13-/m0/s1. The monoisotopic (exact) mass is 267 g/mol. The Morgan fingerprint density at radius 1 is 1.21 bits per heavy atom. The lowest BCUT2D eigenvalue weighted by molar-refractivity contribution is 0.0264. The number of nitrogens with zero attached hydrogens (tertiary/aromatic N) is 1. The van der Waals surface area contributed by atoms with E-state index in [0.717, 1.165) is 19.5 Å². The molecule has 0 unspecified atom stereocenters. The van der Waals surface area contributed by atoms with E-state index in [1.165, 1.54) is 32.1 Å². The molecule has 0 aromatic rings. The molecule has 2 aliphatic rings. The molecule has 1 heterocycles. The van der Waals surface area contributed by atoms with Gasteiger partial charge in [-0.1, -0.05) is 26.2 Å². The molecule has 19 heavy (non-hydrogen) atoms. The van der Waals surface area contributed by atoms with Crippen LogP contribution in [0.5, 0.6) is 0 Å². The molecule has 110 valence electrons. The van der Waals surface area contributed by atoms with E-state index in [-0.39, 0.29) is 11.7 Å². The van der Waals surface area contributed by atoms with Gasteiger partial charge in [-0.2, -0.15) is 0 Å². The molecule has 0 aromatic carbocycles. The smallest absolute Gasteiger partial charge is 0.410 e. The summed E-state index contributed by atoms with van der Waals surface area (Å²) in [6.45, 7) is 9.98. The molecule has 0 aromatic heterocycles. The first-order valence-corrected chi connectivity index (χ1v) is 7.78. The topological polar surface area (TPSA) is 29.5 Å². The quantitative estimate of drug-likeness (QED) is 0.712. The van der Waals surface area contributed by atoms with Gasteiger partial charge in [-0.25, -0.2) is 4.79 Å². The molecule has 2 fully saturated rings. The van der Waals surface area contributed by atoms with Crippen LogP contribution in [0.4, 0.5) is 4.79 Å². The Morgan fingerprint density at radius 2 is 1.84 bits per heavy atom. The van der Waals surface area contributed by atoms with Crippen molar-refractivity contribution in [2.75, 3.05) is 13.1 Å². The highest BCUT2D eigenvalue weighted by Gasteiger charge is 2.41. The number of likely N-dealkylation sites (tertiary alicyclic amines) is 1. The van der Waals surface area contributed by atoms with Crippen LogP contribution in [0.3, 0.4) is 0 Å². The molecule has 0 radical (unpaired) electrons. The number of rotatable bonds is 1. The summed E-state index contributed by atoms with van der Waals surface area (Å²) < 4.78 is 5.48. The maximum atomic E-state index is 12.1. The summed E-state index contributed by atoms with van der Waals surface area (Å²) in [6.07, 6.45) is 7.79.